The Labute approximate surface area is 162 Å². The lowest BCUT2D eigenvalue weighted by Crippen LogP contribution is -2.20. The van der Waals surface area contributed by atoms with Gasteiger partial charge in [-0.2, -0.15) is 0 Å². The lowest BCUT2D eigenvalue weighted by molar-refractivity contribution is -0.118. The SMILES string of the molecule is COc1ccc(NC(=O)COc2ccc3c(c2)[nH]c2ccccc23)cc1OC. The van der Waals surface area contributed by atoms with Crippen LogP contribution < -0.4 is 19.5 Å². The van der Waals surface area contributed by atoms with E-state index in [-0.39, 0.29) is 12.5 Å². The Morgan fingerprint density at radius 1 is 0.893 bits per heavy atom. The number of carbonyl (C=O) groups is 1. The van der Waals surface area contributed by atoms with E-state index in [1.54, 1.807) is 32.4 Å². The number of carbonyl (C=O) groups excluding carboxylic acids is 1. The highest BCUT2D eigenvalue weighted by molar-refractivity contribution is 6.07. The van der Waals surface area contributed by atoms with Crippen molar-refractivity contribution in [3.05, 3.63) is 60.7 Å². The van der Waals surface area contributed by atoms with Crippen LogP contribution >= 0.6 is 0 Å². The molecule has 0 aliphatic heterocycles. The summed E-state index contributed by atoms with van der Waals surface area (Å²) in [4.78, 5) is 15.6. The first kappa shape index (κ1) is 17.7. The number of anilines is 1. The van der Waals surface area contributed by atoms with Crippen LogP contribution in [0.3, 0.4) is 0 Å². The summed E-state index contributed by atoms with van der Waals surface area (Å²) in [5.74, 6) is 1.51. The minimum Gasteiger partial charge on any atom is -0.493 e. The first-order valence-corrected chi connectivity index (χ1v) is 8.83. The number of ether oxygens (including phenoxy) is 3. The zero-order chi connectivity index (χ0) is 19.5. The summed E-state index contributed by atoms with van der Waals surface area (Å²) in [6.07, 6.45) is 0. The molecule has 0 saturated heterocycles. The summed E-state index contributed by atoms with van der Waals surface area (Å²) in [6, 6.07) is 19.1. The molecule has 0 spiro atoms. The molecule has 1 heterocycles. The van der Waals surface area contributed by atoms with Crippen molar-refractivity contribution in [2.75, 3.05) is 26.1 Å². The van der Waals surface area contributed by atoms with Gasteiger partial charge in [-0.25, -0.2) is 0 Å². The van der Waals surface area contributed by atoms with Gasteiger partial charge in [0, 0.05) is 34.1 Å². The molecular weight excluding hydrogens is 356 g/mol. The second kappa shape index (κ2) is 7.52. The van der Waals surface area contributed by atoms with Crippen molar-refractivity contribution >= 4 is 33.4 Å². The molecule has 2 N–H and O–H groups in total. The van der Waals surface area contributed by atoms with Crippen LogP contribution in [-0.4, -0.2) is 31.7 Å². The van der Waals surface area contributed by atoms with Crippen molar-refractivity contribution in [2.45, 2.75) is 0 Å². The molecule has 0 atom stereocenters. The lowest BCUT2D eigenvalue weighted by Gasteiger charge is -2.11. The van der Waals surface area contributed by atoms with Crippen LogP contribution in [0.1, 0.15) is 0 Å². The van der Waals surface area contributed by atoms with E-state index in [9.17, 15) is 4.79 Å². The molecule has 4 aromatic rings. The normalized spacial score (nSPS) is 10.8. The first-order chi connectivity index (χ1) is 13.7. The van der Waals surface area contributed by atoms with Crippen LogP contribution in [0.25, 0.3) is 21.8 Å². The fourth-order valence-electron chi connectivity index (χ4n) is 3.18. The topological polar surface area (TPSA) is 72.6 Å². The fourth-order valence-corrected chi connectivity index (χ4v) is 3.18. The Morgan fingerprint density at radius 3 is 2.50 bits per heavy atom. The van der Waals surface area contributed by atoms with Crippen LogP contribution in [-0.2, 0) is 4.79 Å². The maximum Gasteiger partial charge on any atom is 0.262 e. The van der Waals surface area contributed by atoms with Gasteiger partial charge in [0.1, 0.15) is 5.75 Å². The van der Waals surface area contributed by atoms with E-state index in [1.165, 1.54) is 0 Å². The summed E-state index contributed by atoms with van der Waals surface area (Å²) in [7, 11) is 3.11. The molecule has 0 aliphatic rings. The molecule has 3 aromatic carbocycles. The zero-order valence-corrected chi connectivity index (χ0v) is 15.6. The predicted molar refractivity (Wildman–Crippen MR) is 109 cm³/mol. The second-order valence-electron chi connectivity index (χ2n) is 6.28. The van der Waals surface area contributed by atoms with E-state index in [1.807, 2.05) is 36.4 Å². The van der Waals surface area contributed by atoms with E-state index >= 15 is 0 Å². The molecule has 1 aromatic heterocycles. The molecule has 0 aliphatic carbocycles. The van der Waals surface area contributed by atoms with E-state index in [2.05, 4.69) is 16.4 Å². The Bertz CT molecular complexity index is 1150. The molecule has 0 saturated carbocycles. The maximum absolute atomic E-state index is 12.2. The highest BCUT2D eigenvalue weighted by atomic mass is 16.5. The molecule has 6 nitrogen and oxygen atoms in total. The van der Waals surface area contributed by atoms with E-state index in [0.717, 1.165) is 21.8 Å². The van der Waals surface area contributed by atoms with Crippen LogP contribution in [0.2, 0.25) is 0 Å². The average molecular weight is 376 g/mol. The highest BCUT2D eigenvalue weighted by Gasteiger charge is 2.09. The van der Waals surface area contributed by atoms with Crippen molar-refractivity contribution < 1.29 is 19.0 Å². The molecule has 0 unspecified atom stereocenters. The quantitative estimate of drug-likeness (QED) is 0.525. The van der Waals surface area contributed by atoms with E-state index in [4.69, 9.17) is 14.2 Å². The number of para-hydroxylation sites is 1. The van der Waals surface area contributed by atoms with Crippen LogP contribution in [0.5, 0.6) is 17.2 Å². The van der Waals surface area contributed by atoms with Crippen molar-refractivity contribution in [3.63, 3.8) is 0 Å². The van der Waals surface area contributed by atoms with Crippen molar-refractivity contribution in [1.29, 1.82) is 0 Å². The van der Waals surface area contributed by atoms with Gasteiger partial charge in [0.05, 0.1) is 19.7 Å². The third-order valence-corrected chi connectivity index (χ3v) is 4.51. The average Bonchev–Trinajstić information content (AvgIpc) is 3.10. The first-order valence-electron chi connectivity index (χ1n) is 8.83. The van der Waals surface area contributed by atoms with Gasteiger partial charge in [0.15, 0.2) is 18.1 Å². The monoisotopic (exact) mass is 376 g/mol. The molecule has 1 amide bonds. The number of fused-ring (bicyclic) bond motifs is 3. The zero-order valence-electron chi connectivity index (χ0n) is 15.6. The number of nitrogens with one attached hydrogen (secondary N) is 2. The Balaban J connectivity index is 1.44. The Hall–Kier alpha value is -3.67. The third kappa shape index (κ3) is 3.44. The smallest absolute Gasteiger partial charge is 0.262 e. The number of methoxy groups -OCH3 is 2. The molecule has 28 heavy (non-hydrogen) atoms. The van der Waals surface area contributed by atoms with Crippen molar-refractivity contribution in [3.8, 4) is 17.2 Å². The van der Waals surface area contributed by atoms with Crippen molar-refractivity contribution in [1.82, 2.24) is 4.98 Å². The number of aromatic nitrogens is 1. The van der Waals surface area contributed by atoms with Gasteiger partial charge in [-0.1, -0.05) is 18.2 Å². The van der Waals surface area contributed by atoms with Crippen LogP contribution in [0.4, 0.5) is 5.69 Å². The van der Waals surface area contributed by atoms with E-state index in [0.29, 0.717) is 22.9 Å². The van der Waals surface area contributed by atoms with Gasteiger partial charge >= 0.3 is 0 Å². The summed E-state index contributed by atoms with van der Waals surface area (Å²) in [6.45, 7) is -0.0971. The lowest BCUT2D eigenvalue weighted by atomic mass is 10.1. The van der Waals surface area contributed by atoms with Crippen LogP contribution in [0, 0.1) is 0 Å². The summed E-state index contributed by atoms with van der Waals surface area (Å²) in [5, 5.41) is 5.07. The minimum absolute atomic E-state index is 0.0971. The standard InChI is InChI=1S/C22H20N2O4/c1-26-20-10-7-14(11-21(20)27-2)23-22(25)13-28-15-8-9-17-16-5-3-4-6-18(16)24-19(17)12-15/h3-12,24H,13H2,1-2H3,(H,23,25). The predicted octanol–water partition coefficient (Wildman–Crippen LogP) is 4.36. The van der Waals surface area contributed by atoms with Gasteiger partial charge in [-0.05, 0) is 30.3 Å². The minimum atomic E-state index is -0.260. The Kier molecular flexibility index (Phi) is 4.76. The summed E-state index contributed by atoms with van der Waals surface area (Å²) in [5.41, 5.74) is 2.65. The highest BCUT2D eigenvalue weighted by Crippen LogP contribution is 2.30. The largest absolute Gasteiger partial charge is 0.493 e. The number of benzene rings is 3. The van der Waals surface area contributed by atoms with Gasteiger partial charge < -0.3 is 24.5 Å². The number of aromatic amines is 1. The van der Waals surface area contributed by atoms with Gasteiger partial charge in [-0.15, -0.1) is 0 Å². The Morgan fingerprint density at radius 2 is 1.68 bits per heavy atom. The number of rotatable bonds is 6. The van der Waals surface area contributed by atoms with Crippen molar-refractivity contribution in [2.24, 2.45) is 0 Å². The van der Waals surface area contributed by atoms with Gasteiger partial charge in [0.25, 0.3) is 5.91 Å². The summed E-state index contributed by atoms with van der Waals surface area (Å²) >= 11 is 0. The number of hydrogen-bond acceptors (Lipinski definition) is 4. The van der Waals surface area contributed by atoms with Gasteiger partial charge in [0.2, 0.25) is 0 Å². The summed E-state index contributed by atoms with van der Waals surface area (Å²) < 4.78 is 16.1. The molecule has 6 heteroatoms. The van der Waals surface area contributed by atoms with Gasteiger partial charge in [-0.3, -0.25) is 4.79 Å². The number of H-pyrrole nitrogens is 1. The third-order valence-electron chi connectivity index (χ3n) is 4.51. The van der Waals surface area contributed by atoms with E-state index < -0.39 is 0 Å². The number of amides is 1. The molecule has 142 valence electrons. The fraction of sp³-hybridized carbons (Fsp3) is 0.136. The molecule has 0 bridgehead atoms. The maximum atomic E-state index is 12.2. The number of hydrogen-bond donors (Lipinski definition) is 2. The second-order valence-corrected chi connectivity index (χ2v) is 6.28. The molecule has 4 rings (SSSR count). The molecule has 0 radical (unpaired) electrons. The van der Waals surface area contributed by atoms with Crippen LogP contribution in [0.15, 0.2) is 60.7 Å². The molecule has 0 fully saturated rings. The molecular formula is C22H20N2O4.